The Kier molecular flexibility index (Phi) is 2.23. The van der Waals surface area contributed by atoms with Crippen LogP contribution in [0.15, 0.2) is 42.6 Å². The van der Waals surface area contributed by atoms with E-state index in [0.717, 1.165) is 11.1 Å². The molecule has 2 rings (SSSR count). The van der Waals surface area contributed by atoms with Gasteiger partial charge in [0.05, 0.1) is 0 Å². The number of rotatable bonds is 1. The second kappa shape index (κ2) is 3.54. The molecular formula is C11H7F2N. The van der Waals surface area contributed by atoms with E-state index >= 15 is 0 Å². The van der Waals surface area contributed by atoms with Crippen LogP contribution in [0.3, 0.4) is 0 Å². The van der Waals surface area contributed by atoms with Crippen molar-refractivity contribution in [3.8, 4) is 11.1 Å². The van der Waals surface area contributed by atoms with Crippen LogP contribution in [0.2, 0.25) is 0 Å². The van der Waals surface area contributed by atoms with Gasteiger partial charge in [0.15, 0.2) is 0 Å². The summed E-state index contributed by atoms with van der Waals surface area (Å²) in [5.74, 6) is -0.806. The molecule has 1 heterocycles. The second-order valence-electron chi connectivity index (χ2n) is 2.88. The summed E-state index contributed by atoms with van der Waals surface area (Å²) in [4.78, 5) is 3.52. The molecule has 0 saturated carbocycles. The van der Waals surface area contributed by atoms with Gasteiger partial charge in [0.2, 0.25) is 5.95 Å². The quantitative estimate of drug-likeness (QED) is 0.631. The van der Waals surface area contributed by atoms with Gasteiger partial charge in [0.25, 0.3) is 0 Å². The average molecular weight is 191 g/mol. The van der Waals surface area contributed by atoms with Crippen molar-refractivity contribution in [3.63, 3.8) is 0 Å². The molecule has 0 aliphatic heterocycles. The molecule has 0 unspecified atom stereocenters. The Bertz CT molecular complexity index is 377. The normalized spacial score (nSPS) is 10.1. The Labute approximate surface area is 80.0 Å². The number of pyridine rings is 1. The molecule has 0 aliphatic rings. The Hall–Kier alpha value is -1.77. The van der Waals surface area contributed by atoms with Gasteiger partial charge < -0.3 is 0 Å². The van der Waals surface area contributed by atoms with Crippen molar-refractivity contribution in [3.05, 3.63) is 54.4 Å². The monoisotopic (exact) mass is 191 g/mol. The topological polar surface area (TPSA) is 12.9 Å². The molecule has 0 amide bonds. The van der Waals surface area contributed by atoms with Gasteiger partial charge in [-0.1, -0.05) is 12.1 Å². The van der Waals surface area contributed by atoms with Crippen LogP contribution in [0.4, 0.5) is 8.78 Å². The molecule has 0 radical (unpaired) electrons. The summed E-state index contributed by atoms with van der Waals surface area (Å²) >= 11 is 0. The van der Waals surface area contributed by atoms with Gasteiger partial charge in [0.1, 0.15) is 5.82 Å². The number of hydrogen-bond acceptors (Lipinski definition) is 1. The Morgan fingerprint density at radius 2 is 1.43 bits per heavy atom. The molecule has 0 aliphatic carbocycles. The molecule has 0 fully saturated rings. The highest BCUT2D eigenvalue weighted by Gasteiger charge is 1.98. The Morgan fingerprint density at radius 1 is 0.786 bits per heavy atom. The number of benzene rings is 1. The number of aromatic nitrogens is 1. The average Bonchev–Trinajstić information content (AvgIpc) is 2.21. The van der Waals surface area contributed by atoms with Crippen molar-refractivity contribution >= 4 is 0 Å². The van der Waals surface area contributed by atoms with Crippen LogP contribution < -0.4 is 0 Å². The van der Waals surface area contributed by atoms with Gasteiger partial charge in [0, 0.05) is 11.8 Å². The number of hydrogen-bond donors (Lipinski definition) is 0. The maximum Gasteiger partial charge on any atom is 0.212 e. The lowest BCUT2D eigenvalue weighted by atomic mass is 10.1. The van der Waals surface area contributed by atoms with Gasteiger partial charge in [-0.25, -0.2) is 9.37 Å². The van der Waals surface area contributed by atoms with E-state index < -0.39 is 5.95 Å². The molecule has 0 saturated heterocycles. The van der Waals surface area contributed by atoms with E-state index in [1.165, 1.54) is 24.4 Å². The molecule has 2 aromatic rings. The van der Waals surface area contributed by atoms with Crippen molar-refractivity contribution in [2.75, 3.05) is 0 Å². The molecule has 70 valence electrons. The predicted molar refractivity (Wildman–Crippen MR) is 49.6 cm³/mol. The summed E-state index contributed by atoms with van der Waals surface area (Å²) in [6.45, 7) is 0. The molecule has 1 aromatic carbocycles. The van der Waals surface area contributed by atoms with E-state index in [-0.39, 0.29) is 5.82 Å². The van der Waals surface area contributed by atoms with Crippen LogP contribution in [-0.4, -0.2) is 4.98 Å². The first kappa shape index (κ1) is 8.81. The van der Waals surface area contributed by atoms with E-state index in [0.29, 0.717) is 0 Å². The first-order valence-corrected chi connectivity index (χ1v) is 4.13. The van der Waals surface area contributed by atoms with Crippen LogP contribution in [0.1, 0.15) is 0 Å². The first-order valence-electron chi connectivity index (χ1n) is 4.13. The van der Waals surface area contributed by atoms with Crippen LogP contribution in [0, 0.1) is 11.8 Å². The minimum Gasteiger partial charge on any atom is -0.228 e. The van der Waals surface area contributed by atoms with Crippen molar-refractivity contribution in [2.45, 2.75) is 0 Å². The van der Waals surface area contributed by atoms with Crippen molar-refractivity contribution < 1.29 is 8.78 Å². The van der Waals surface area contributed by atoms with Gasteiger partial charge in [-0.05, 0) is 29.8 Å². The fraction of sp³-hybridized carbons (Fsp3) is 0. The molecule has 0 spiro atoms. The summed E-state index contributed by atoms with van der Waals surface area (Å²) in [5, 5.41) is 0. The van der Waals surface area contributed by atoms with Crippen LogP contribution >= 0.6 is 0 Å². The third-order valence-corrected chi connectivity index (χ3v) is 1.90. The smallest absolute Gasteiger partial charge is 0.212 e. The zero-order valence-corrected chi connectivity index (χ0v) is 7.24. The fourth-order valence-electron chi connectivity index (χ4n) is 1.19. The summed E-state index contributed by atoms with van der Waals surface area (Å²) < 4.78 is 25.1. The first-order chi connectivity index (χ1) is 6.75. The molecule has 14 heavy (non-hydrogen) atoms. The minimum atomic E-state index is -0.518. The summed E-state index contributed by atoms with van der Waals surface area (Å²) in [7, 11) is 0. The Morgan fingerprint density at radius 3 is 2.00 bits per heavy atom. The highest BCUT2D eigenvalue weighted by molar-refractivity contribution is 5.61. The van der Waals surface area contributed by atoms with Crippen LogP contribution in [0.5, 0.6) is 0 Å². The van der Waals surface area contributed by atoms with Gasteiger partial charge in [-0.2, -0.15) is 4.39 Å². The van der Waals surface area contributed by atoms with Crippen molar-refractivity contribution in [1.82, 2.24) is 4.98 Å². The number of nitrogens with zero attached hydrogens (tertiary/aromatic N) is 1. The third-order valence-electron chi connectivity index (χ3n) is 1.90. The molecule has 1 aromatic heterocycles. The zero-order chi connectivity index (χ0) is 9.97. The lowest BCUT2D eigenvalue weighted by Crippen LogP contribution is -1.83. The summed E-state index contributed by atoms with van der Waals surface area (Å²) in [5.41, 5.74) is 1.59. The van der Waals surface area contributed by atoms with Gasteiger partial charge >= 0.3 is 0 Å². The van der Waals surface area contributed by atoms with Crippen molar-refractivity contribution in [1.29, 1.82) is 0 Å². The lowest BCUT2D eigenvalue weighted by molar-refractivity contribution is 0.584. The molecule has 1 nitrogen and oxygen atoms in total. The molecule has 0 N–H and O–H groups in total. The number of halogens is 2. The third kappa shape index (κ3) is 1.76. The highest BCUT2D eigenvalue weighted by atomic mass is 19.1. The van der Waals surface area contributed by atoms with E-state index in [4.69, 9.17) is 0 Å². The molecular weight excluding hydrogens is 184 g/mol. The molecule has 3 heteroatoms. The SMILES string of the molecule is Fc1ccc(-c2ccc(F)nc2)cc1. The zero-order valence-electron chi connectivity index (χ0n) is 7.24. The van der Waals surface area contributed by atoms with E-state index in [9.17, 15) is 8.78 Å². The van der Waals surface area contributed by atoms with Gasteiger partial charge in [-0.3, -0.25) is 0 Å². The fourth-order valence-corrected chi connectivity index (χ4v) is 1.19. The van der Waals surface area contributed by atoms with Crippen LogP contribution in [-0.2, 0) is 0 Å². The predicted octanol–water partition coefficient (Wildman–Crippen LogP) is 3.03. The molecule has 0 bridgehead atoms. The largest absolute Gasteiger partial charge is 0.228 e. The van der Waals surface area contributed by atoms with Crippen molar-refractivity contribution in [2.24, 2.45) is 0 Å². The van der Waals surface area contributed by atoms with Gasteiger partial charge in [-0.15, -0.1) is 0 Å². The second-order valence-corrected chi connectivity index (χ2v) is 2.88. The van der Waals surface area contributed by atoms with E-state index in [2.05, 4.69) is 4.98 Å². The summed E-state index contributed by atoms with van der Waals surface area (Å²) in [6.07, 6.45) is 1.42. The standard InChI is InChI=1S/C11H7F2N/c12-10-4-1-8(2-5-10)9-3-6-11(13)14-7-9/h1-7H. The maximum atomic E-state index is 12.6. The van der Waals surface area contributed by atoms with Crippen LogP contribution in [0.25, 0.3) is 11.1 Å². The van der Waals surface area contributed by atoms with E-state index in [1.807, 2.05) is 0 Å². The molecule has 0 atom stereocenters. The lowest BCUT2D eigenvalue weighted by Gasteiger charge is -1.99. The van der Waals surface area contributed by atoms with E-state index in [1.54, 1.807) is 18.2 Å². The Balaban J connectivity index is 2.40. The minimum absolute atomic E-state index is 0.288. The maximum absolute atomic E-state index is 12.6. The summed E-state index contributed by atoms with van der Waals surface area (Å²) in [6, 6.07) is 8.86. The highest BCUT2D eigenvalue weighted by Crippen LogP contribution is 2.18.